The maximum Gasteiger partial charge on any atom is 0.229 e. The van der Waals surface area contributed by atoms with Crippen molar-refractivity contribution in [2.24, 2.45) is 5.41 Å². The molecular formula is C34H35F3N4O2. The molecule has 1 spiro atoms. The van der Waals surface area contributed by atoms with Gasteiger partial charge in [-0.25, -0.2) is 13.2 Å². The second-order valence-electron chi connectivity index (χ2n) is 11.7. The van der Waals surface area contributed by atoms with Crippen molar-refractivity contribution in [3.8, 4) is 5.75 Å². The number of carbonyl (C=O) groups excluding carboxylic acids is 1. The number of rotatable bonds is 8. The topological polar surface area (TPSA) is 57.7 Å². The van der Waals surface area contributed by atoms with E-state index in [9.17, 15) is 4.79 Å². The molecule has 6 rings (SSSR count). The zero-order valence-electron chi connectivity index (χ0n) is 24.4. The van der Waals surface area contributed by atoms with E-state index in [4.69, 9.17) is 4.74 Å². The smallest absolute Gasteiger partial charge is 0.229 e. The maximum atomic E-state index is 15.6. The number of carbonyl (C=O) groups is 1. The Morgan fingerprint density at radius 3 is 2.37 bits per heavy atom. The molecule has 2 aliphatic heterocycles. The molecule has 6 nitrogen and oxygen atoms in total. The van der Waals surface area contributed by atoms with E-state index in [1.54, 1.807) is 19.1 Å². The molecule has 1 N–H and O–H groups in total. The summed E-state index contributed by atoms with van der Waals surface area (Å²) in [7, 11) is 0. The van der Waals surface area contributed by atoms with Gasteiger partial charge < -0.3 is 15.0 Å². The summed E-state index contributed by atoms with van der Waals surface area (Å²) in [5.41, 5.74) is 1.80. The summed E-state index contributed by atoms with van der Waals surface area (Å²) in [6.45, 7) is 6.29. The lowest BCUT2D eigenvalue weighted by molar-refractivity contribution is -0.138. The third-order valence-electron chi connectivity index (χ3n) is 8.88. The molecule has 0 atom stereocenters. The molecule has 3 aromatic carbocycles. The molecule has 43 heavy (non-hydrogen) atoms. The Bertz CT molecular complexity index is 1660. The van der Waals surface area contributed by atoms with Gasteiger partial charge in [0.15, 0.2) is 23.2 Å². The van der Waals surface area contributed by atoms with Crippen molar-refractivity contribution in [2.75, 3.05) is 38.1 Å². The minimum absolute atomic E-state index is 0.0245. The number of nitrogens with one attached hydrogen (secondary N) is 1. The number of anilines is 2. The molecular weight excluding hydrogens is 553 g/mol. The number of hydrogen-bond acceptors (Lipinski definition) is 5. The molecule has 224 valence electrons. The van der Waals surface area contributed by atoms with Crippen LogP contribution in [-0.2, 0) is 11.3 Å². The third kappa shape index (κ3) is 5.66. The van der Waals surface area contributed by atoms with E-state index in [1.165, 1.54) is 6.92 Å². The zero-order valence-corrected chi connectivity index (χ0v) is 24.4. The van der Waals surface area contributed by atoms with Crippen molar-refractivity contribution < 1.29 is 22.7 Å². The van der Waals surface area contributed by atoms with Crippen molar-refractivity contribution in [2.45, 2.75) is 39.7 Å². The Morgan fingerprint density at radius 2 is 1.60 bits per heavy atom. The minimum atomic E-state index is -1.12. The predicted molar refractivity (Wildman–Crippen MR) is 161 cm³/mol. The Balaban J connectivity index is 1.10. The van der Waals surface area contributed by atoms with Gasteiger partial charge in [0.25, 0.3) is 0 Å². The van der Waals surface area contributed by atoms with Crippen molar-refractivity contribution >= 4 is 28.2 Å². The second kappa shape index (κ2) is 11.9. The molecule has 3 heterocycles. The lowest BCUT2D eigenvalue weighted by Crippen LogP contribution is -2.45. The molecule has 0 aliphatic carbocycles. The largest absolute Gasteiger partial charge is 0.486 e. The standard InChI is InChI=1S/C34H35F3N4O2/c1-22-20-27(25-10-6-7-11-26(25)38-22)39-31-28(35)23(2)29(36)32(30(31)37)43-19-18-40-15-12-34(13-16-40)14-17-41(33(34)42)21-24-8-4-3-5-9-24/h3-11,20H,12-19,21H2,1-2H3,(H,38,39). The van der Waals surface area contributed by atoms with Crippen LogP contribution in [-0.4, -0.2) is 53.5 Å². The van der Waals surface area contributed by atoms with Gasteiger partial charge in [-0.3, -0.25) is 14.7 Å². The highest BCUT2D eigenvalue weighted by Crippen LogP contribution is 2.42. The van der Waals surface area contributed by atoms with Crippen LogP contribution in [0.2, 0.25) is 0 Å². The van der Waals surface area contributed by atoms with Crippen LogP contribution in [0.4, 0.5) is 24.5 Å². The van der Waals surface area contributed by atoms with E-state index >= 15 is 13.2 Å². The summed E-state index contributed by atoms with van der Waals surface area (Å²) >= 11 is 0. The van der Waals surface area contributed by atoms with E-state index in [0.717, 1.165) is 31.4 Å². The first kappa shape index (κ1) is 29.0. The van der Waals surface area contributed by atoms with Crippen LogP contribution in [0.15, 0.2) is 60.7 Å². The van der Waals surface area contributed by atoms with Gasteiger partial charge >= 0.3 is 0 Å². The van der Waals surface area contributed by atoms with Crippen LogP contribution in [0.1, 0.15) is 36.1 Å². The van der Waals surface area contributed by atoms with Gasteiger partial charge in [0.1, 0.15) is 12.3 Å². The van der Waals surface area contributed by atoms with Gasteiger partial charge in [0.2, 0.25) is 5.91 Å². The zero-order chi connectivity index (χ0) is 30.1. The van der Waals surface area contributed by atoms with E-state index in [-0.39, 0.29) is 23.5 Å². The summed E-state index contributed by atoms with van der Waals surface area (Å²) in [4.78, 5) is 21.9. The van der Waals surface area contributed by atoms with E-state index in [2.05, 4.69) is 15.2 Å². The first-order valence-electron chi connectivity index (χ1n) is 14.7. The highest BCUT2D eigenvalue weighted by molar-refractivity contribution is 5.93. The summed E-state index contributed by atoms with van der Waals surface area (Å²) in [6.07, 6.45) is 2.32. The van der Waals surface area contributed by atoms with Gasteiger partial charge in [-0.05, 0) is 63.9 Å². The first-order chi connectivity index (χ1) is 20.8. The van der Waals surface area contributed by atoms with Gasteiger partial charge in [-0.1, -0.05) is 48.5 Å². The maximum absolute atomic E-state index is 15.6. The van der Waals surface area contributed by atoms with Gasteiger partial charge in [0, 0.05) is 42.0 Å². The second-order valence-corrected chi connectivity index (χ2v) is 11.7. The molecule has 0 saturated carbocycles. The average molecular weight is 589 g/mol. The summed E-state index contributed by atoms with van der Waals surface area (Å²) in [5, 5.41) is 3.52. The normalized spacial score (nSPS) is 16.8. The highest BCUT2D eigenvalue weighted by atomic mass is 19.1. The molecule has 0 radical (unpaired) electrons. The minimum Gasteiger partial charge on any atom is -0.486 e. The number of benzene rings is 3. The number of fused-ring (bicyclic) bond motifs is 1. The van der Waals surface area contributed by atoms with Gasteiger partial charge in [0.05, 0.1) is 10.9 Å². The number of aromatic nitrogens is 1. The van der Waals surface area contributed by atoms with Crippen LogP contribution in [0.25, 0.3) is 10.9 Å². The number of amides is 1. The molecule has 9 heteroatoms. The van der Waals surface area contributed by atoms with E-state index < -0.39 is 28.9 Å². The summed E-state index contributed by atoms with van der Waals surface area (Å²) < 4.78 is 51.5. The highest BCUT2D eigenvalue weighted by Gasteiger charge is 2.47. The molecule has 2 saturated heterocycles. The third-order valence-corrected chi connectivity index (χ3v) is 8.88. The number of nitrogens with zero attached hydrogens (tertiary/aromatic N) is 3. The van der Waals surface area contributed by atoms with Crippen molar-refractivity contribution in [1.82, 2.24) is 14.8 Å². The van der Waals surface area contributed by atoms with Crippen molar-refractivity contribution in [3.63, 3.8) is 0 Å². The molecule has 1 amide bonds. The van der Waals surface area contributed by atoms with Crippen LogP contribution in [0.3, 0.4) is 0 Å². The Labute approximate surface area is 249 Å². The van der Waals surface area contributed by atoms with Crippen LogP contribution in [0, 0.1) is 36.7 Å². The Hall–Kier alpha value is -4.11. The monoisotopic (exact) mass is 588 g/mol. The molecule has 2 fully saturated rings. The molecule has 0 bridgehead atoms. The summed E-state index contributed by atoms with van der Waals surface area (Å²) in [6, 6.07) is 19.0. The van der Waals surface area contributed by atoms with Gasteiger partial charge in [-0.15, -0.1) is 0 Å². The fourth-order valence-electron chi connectivity index (χ4n) is 6.34. The number of likely N-dealkylation sites (tertiary alicyclic amines) is 2. The number of halogens is 3. The first-order valence-corrected chi connectivity index (χ1v) is 14.7. The van der Waals surface area contributed by atoms with Gasteiger partial charge in [-0.2, -0.15) is 0 Å². The molecule has 1 aromatic heterocycles. The quantitative estimate of drug-likeness (QED) is 0.243. The molecule has 4 aromatic rings. The van der Waals surface area contributed by atoms with Crippen LogP contribution in [0.5, 0.6) is 5.75 Å². The number of aryl methyl sites for hydroxylation is 1. The van der Waals surface area contributed by atoms with Crippen LogP contribution >= 0.6 is 0 Å². The van der Waals surface area contributed by atoms with Crippen molar-refractivity contribution in [3.05, 3.63) is 94.9 Å². The number of ether oxygens (including phenoxy) is 1. The fraction of sp³-hybridized carbons (Fsp3) is 0.353. The lowest BCUT2D eigenvalue weighted by Gasteiger charge is -2.38. The van der Waals surface area contributed by atoms with E-state index in [0.29, 0.717) is 48.5 Å². The number of hydrogen-bond donors (Lipinski definition) is 1. The molecule has 2 aliphatic rings. The fourth-order valence-corrected chi connectivity index (χ4v) is 6.34. The SMILES string of the molecule is Cc1cc(Nc2c(F)c(C)c(F)c(OCCN3CCC4(CC3)CCN(Cc3ccccc3)C4=O)c2F)c2ccccc2n1. The van der Waals surface area contributed by atoms with Crippen molar-refractivity contribution in [1.29, 1.82) is 0 Å². The van der Waals surface area contributed by atoms with Crippen LogP contribution < -0.4 is 10.1 Å². The number of pyridine rings is 1. The predicted octanol–water partition coefficient (Wildman–Crippen LogP) is 6.91. The Morgan fingerprint density at radius 1 is 0.907 bits per heavy atom. The number of para-hydroxylation sites is 1. The number of piperidine rings is 1. The Kier molecular flexibility index (Phi) is 8.01. The molecule has 0 unspecified atom stereocenters. The van der Waals surface area contributed by atoms with E-state index in [1.807, 2.05) is 53.4 Å². The average Bonchev–Trinajstić information content (AvgIpc) is 3.31. The summed E-state index contributed by atoms with van der Waals surface area (Å²) in [5.74, 6) is -3.57. The lowest BCUT2D eigenvalue weighted by atomic mass is 9.77.